The molecule has 1 spiro atoms. The van der Waals surface area contributed by atoms with E-state index in [-0.39, 0.29) is 5.60 Å². The van der Waals surface area contributed by atoms with E-state index in [1.54, 1.807) is 0 Å². The van der Waals surface area contributed by atoms with Gasteiger partial charge < -0.3 is 9.47 Å². The minimum absolute atomic E-state index is 0.258. The number of hydrogen-bond acceptors (Lipinski definition) is 3. The molecule has 0 aromatic rings. The zero-order valence-corrected chi connectivity index (χ0v) is 7.49. The molecule has 0 radical (unpaired) electrons. The minimum atomic E-state index is 0.258. The minimum Gasteiger partial charge on any atom is -0.379 e. The van der Waals surface area contributed by atoms with E-state index < -0.39 is 0 Å². The van der Waals surface area contributed by atoms with Crippen LogP contribution in [0.25, 0.3) is 0 Å². The van der Waals surface area contributed by atoms with Crippen LogP contribution in [0.4, 0.5) is 0 Å². The molecule has 0 N–H and O–H groups in total. The molecule has 0 bridgehead atoms. The normalized spacial score (nSPS) is 30.5. The van der Waals surface area contributed by atoms with Crippen molar-refractivity contribution in [1.29, 1.82) is 0 Å². The molecule has 3 heteroatoms. The first-order valence-electron chi connectivity index (χ1n) is 4.21. The SMILES string of the molecule is C1COCCOC2(C1)CSC2. The Morgan fingerprint density at radius 1 is 1.09 bits per heavy atom. The third-order valence-corrected chi connectivity index (χ3v) is 3.75. The molecule has 0 aliphatic carbocycles. The van der Waals surface area contributed by atoms with Crippen LogP contribution < -0.4 is 0 Å². The fraction of sp³-hybridized carbons (Fsp3) is 1.00. The number of thioether (sulfide) groups is 1. The molecule has 11 heavy (non-hydrogen) atoms. The predicted molar refractivity (Wildman–Crippen MR) is 46.1 cm³/mol. The lowest BCUT2D eigenvalue weighted by molar-refractivity contribution is -0.0726. The van der Waals surface area contributed by atoms with Crippen LogP contribution in [0.2, 0.25) is 0 Å². The standard InChI is InChI=1S/C8H14O2S/c1-2-8(6-11-7-8)10-5-4-9-3-1/h1-7H2. The monoisotopic (exact) mass is 174 g/mol. The summed E-state index contributed by atoms with van der Waals surface area (Å²) >= 11 is 1.99. The highest BCUT2D eigenvalue weighted by Crippen LogP contribution is 2.37. The molecule has 0 amide bonds. The third-order valence-electron chi connectivity index (χ3n) is 2.29. The Morgan fingerprint density at radius 3 is 2.73 bits per heavy atom. The maximum absolute atomic E-state index is 5.76. The lowest BCUT2D eigenvalue weighted by Crippen LogP contribution is -2.47. The van der Waals surface area contributed by atoms with Gasteiger partial charge in [0, 0.05) is 18.1 Å². The van der Waals surface area contributed by atoms with Crippen molar-refractivity contribution in [3.63, 3.8) is 0 Å². The van der Waals surface area contributed by atoms with E-state index in [0.29, 0.717) is 0 Å². The van der Waals surface area contributed by atoms with E-state index in [9.17, 15) is 0 Å². The molecule has 2 saturated heterocycles. The van der Waals surface area contributed by atoms with Gasteiger partial charge in [-0.3, -0.25) is 0 Å². The van der Waals surface area contributed by atoms with Gasteiger partial charge in [-0.1, -0.05) is 0 Å². The summed E-state index contributed by atoms with van der Waals surface area (Å²) in [5, 5.41) is 0. The van der Waals surface area contributed by atoms with Crippen molar-refractivity contribution in [2.45, 2.75) is 18.4 Å². The molecule has 0 atom stereocenters. The fourth-order valence-electron chi connectivity index (χ4n) is 1.55. The molecule has 2 nitrogen and oxygen atoms in total. The fourth-order valence-corrected chi connectivity index (χ4v) is 2.66. The maximum atomic E-state index is 5.76. The Hall–Kier alpha value is 0.270. The Labute approximate surface area is 71.6 Å². The van der Waals surface area contributed by atoms with Crippen LogP contribution in [0.15, 0.2) is 0 Å². The van der Waals surface area contributed by atoms with E-state index in [1.165, 1.54) is 24.3 Å². The quantitative estimate of drug-likeness (QED) is 0.551. The summed E-state index contributed by atoms with van der Waals surface area (Å²) in [6.45, 7) is 2.50. The second-order valence-electron chi connectivity index (χ2n) is 3.24. The van der Waals surface area contributed by atoms with Crippen LogP contribution in [-0.4, -0.2) is 36.9 Å². The Kier molecular flexibility index (Phi) is 2.39. The second kappa shape index (κ2) is 3.33. The molecule has 64 valence electrons. The van der Waals surface area contributed by atoms with Crippen LogP contribution in [0.5, 0.6) is 0 Å². The van der Waals surface area contributed by atoms with Crippen molar-refractivity contribution in [2.75, 3.05) is 31.3 Å². The molecule has 2 aliphatic heterocycles. The summed E-state index contributed by atoms with van der Waals surface area (Å²) in [6, 6.07) is 0. The number of hydrogen-bond donors (Lipinski definition) is 0. The largest absolute Gasteiger partial charge is 0.379 e. The Morgan fingerprint density at radius 2 is 2.00 bits per heavy atom. The van der Waals surface area contributed by atoms with Gasteiger partial charge in [0.2, 0.25) is 0 Å². The van der Waals surface area contributed by atoms with Crippen molar-refractivity contribution < 1.29 is 9.47 Å². The molecule has 2 aliphatic rings. The van der Waals surface area contributed by atoms with Gasteiger partial charge in [0.1, 0.15) is 0 Å². The van der Waals surface area contributed by atoms with Gasteiger partial charge >= 0.3 is 0 Å². The molecule has 0 saturated carbocycles. The Bertz CT molecular complexity index is 124. The molecular weight excluding hydrogens is 160 g/mol. The highest BCUT2D eigenvalue weighted by molar-refractivity contribution is 8.00. The Balaban J connectivity index is 1.86. The summed E-state index contributed by atoms with van der Waals surface area (Å²) in [5.74, 6) is 2.40. The van der Waals surface area contributed by atoms with Gasteiger partial charge in [-0.15, -0.1) is 0 Å². The summed E-state index contributed by atoms with van der Waals surface area (Å²) in [7, 11) is 0. The lowest BCUT2D eigenvalue weighted by Gasteiger charge is -2.42. The van der Waals surface area contributed by atoms with Crippen LogP contribution >= 0.6 is 11.8 Å². The first kappa shape index (κ1) is 7.90. The van der Waals surface area contributed by atoms with Crippen molar-refractivity contribution in [3.8, 4) is 0 Å². The van der Waals surface area contributed by atoms with Gasteiger partial charge in [0.05, 0.1) is 18.8 Å². The van der Waals surface area contributed by atoms with Gasteiger partial charge in [-0.2, -0.15) is 11.8 Å². The van der Waals surface area contributed by atoms with E-state index in [1.807, 2.05) is 11.8 Å². The first-order chi connectivity index (χ1) is 5.41. The van der Waals surface area contributed by atoms with Crippen molar-refractivity contribution in [3.05, 3.63) is 0 Å². The topological polar surface area (TPSA) is 18.5 Å². The van der Waals surface area contributed by atoms with Crippen LogP contribution in [0.1, 0.15) is 12.8 Å². The predicted octanol–water partition coefficient (Wildman–Crippen LogP) is 1.30. The van der Waals surface area contributed by atoms with E-state index in [4.69, 9.17) is 9.47 Å². The van der Waals surface area contributed by atoms with Crippen molar-refractivity contribution in [2.24, 2.45) is 0 Å². The number of ether oxygens (including phenoxy) is 2. The third kappa shape index (κ3) is 1.71. The summed E-state index contributed by atoms with van der Waals surface area (Å²) in [4.78, 5) is 0. The molecule has 2 heterocycles. The smallest absolute Gasteiger partial charge is 0.0864 e. The molecule has 0 aromatic carbocycles. The molecule has 2 fully saturated rings. The van der Waals surface area contributed by atoms with Crippen molar-refractivity contribution in [1.82, 2.24) is 0 Å². The van der Waals surface area contributed by atoms with E-state index in [2.05, 4.69) is 0 Å². The first-order valence-corrected chi connectivity index (χ1v) is 5.36. The maximum Gasteiger partial charge on any atom is 0.0864 e. The molecule has 2 rings (SSSR count). The van der Waals surface area contributed by atoms with E-state index >= 15 is 0 Å². The van der Waals surface area contributed by atoms with Gasteiger partial charge in [-0.25, -0.2) is 0 Å². The average Bonchev–Trinajstić information content (AvgIpc) is 1.82. The summed E-state index contributed by atoms with van der Waals surface area (Å²) < 4.78 is 11.1. The summed E-state index contributed by atoms with van der Waals surface area (Å²) in [6.07, 6.45) is 2.36. The number of rotatable bonds is 0. The van der Waals surface area contributed by atoms with Crippen LogP contribution in [0.3, 0.4) is 0 Å². The van der Waals surface area contributed by atoms with Crippen molar-refractivity contribution >= 4 is 11.8 Å². The van der Waals surface area contributed by atoms with Crippen LogP contribution in [-0.2, 0) is 9.47 Å². The highest BCUT2D eigenvalue weighted by Gasteiger charge is 2.38. The van der Waals surface area contributed by atoms with E-state index in [0.717, 1.165) is 19.8 Å². The van der Waals surface area contributed by atoms with Gasteiger partial charge in [0.15, 0.2) is 0 Å². The zero-order chi connectivity index (χ0) is 7.57. The lowest BCUT2D eigenvalue weighted by atomic mass is 10.0. The molecule has 0 unspecified atom stereocenters. The molecule has 0 aromatic heterocycles. The van der Waals surface area contributed by atoms with Crippen LogP contribution in [0, 0.1) is 0 Å². The van der Waals surface area contributed by atoms with Gasteiger partial charge in [-0.05, 0) is 12.8 Å². The second-order valence-corrected chi connectivity index (χ2v) is 4.23. The van der Waals surface area contributed by atoms with Gasteiger partial charge in [0.25, 0.3) is 0 Å². The average molecular weight is 174 g/mol. The highest BCUT2D eigenvalue weighted by atomic mass is 32.2. The summed E-state index contributed by atoms with van der Waals surface area (Å²) in [5.41, 5.74) is 0.258. The zero-order valence-electron chi connectivity index (χ0n) is 6.67. The molecular formula is C8H14O2S.